The van der Waals surface area contributed by atoms with Gasteiger partial charge in [-0.1, -0.05) is 0 Å². The molecule has 0 saturated heterocycles. The van der Waals surface area contributed by atoms with E-state index < -0.39 is 18.1 Å². The Bertz CT molecular complexity index is 316. The first kappa shape index (κ1) is 10.8. The molecule has 0 spiro atoms. The van der Waals surface area contributed by atoms with Gasteiger partial charge >= 0.3 is 0 Å². The molecule has 0 fully saturated rings. The number of thiophene rings is 1. The van der Waals surface area contributed by atoms with Gasteiger partial charge in [0.15, 0.2) is 5.78 Å². The van der Waals surface area contributed by atoms with Crippen LogP contribution in [-0.2, 0) is 0 Å². The zero-order chi connectivity index (χ0) is 10.1. The van der Waals surface area contributed by atoms with Gasteiger partial charge in [0.2, 0.25) is 0 Å². The number of ketones is 1. The van der Waals surface area contributed by atoms with E-state index in [2.05, 4.69) is 15.9 Å². The molecule has 0 aliphatic heterocycles. The third-order valence-corrected chi connectivity index (χ3v) is 2.98. The Hall–Kier alpha value is -0.290. The first-order valence-corrected chi connectivity index (χ1v) is 5.16. The Morgan fingerprint density at radius 1 is 1.62 bits per heavy atom. The summed E-state index contributed by atoms with van der Waals surface area (Å²) in [5, 5.41) is 0. The lowest BCUT2D eigenvalue weighted by Gasteiger charge is -2.06. The number of carbonyl (C=O) groups is 1. The van der Waals surface area contributed by atoms with Crippen LogP contribution in [0.5, 0.6) is 0 Å². The molecule has 0 N–H and O–H groups in total. The highest BCUT2D eigenvalue weighted by Crippen LogP contribution is 2.26. The molecule has 0 aliphatic rings. The molecule has 1 heterocycles. The lowest BCUT2D eigenvalue weighted by Crippen LogP contribution is -2.15. The maximum atomic E-state index is 12.4. The van der Waals surface area contributed by atoms with Crippen LogP contribution in [-0.4, -0.2) is 11.7 Å². The second-order valence-electron chi connectivity index (χ2n) is 2.77. The van der Waals surface area contributed by atoms with Gasteiger partial charge in [0.25, 0.3) is 5.92 Å². The van der Waals surface area contributed by atoms with Crippen LogP contribution in [0.15, 0.2) is 15.9 Å². The zero-order valence-corrected chi connectivity index (χ0v) is 9.21. The van der Waals surface area contributed by atoms with Crippen molar-refractivity contribution in [3.8, 4) is 0 Å². The highest BCUT2D eigenvalue weighted by Gasteiger charge is 2.26. The summed E-state index contributed by atoms with van der Waals surface area (Å²) in [4.78, 5) is 11.6. The standard InChI is InChI=1S/C8H7BrF2OS/c1-8(10,11)4-5(12)6-2-3-7(9)13-6/h2-3H,4H2,1H3. The normalized spacial score (nSPS) is 11.7. The van der Waals surface area contributed by atoms with Crippen LogP contribution in [0.2, 0.25) is 0 Å². The van der Waals surface area contributed by atoms with Gasteiger partial charge in [0, 0.05) is 0 Å². The highest BCUT2D eigenvalue weighted by atomic mass is 79.9. The maximum Gasteiger partial charge on any atom is 0.252 e. The molecular weight excluding hydrogens is 262 g/mol. The minimum Gasteiger partial charge on any atom is -0.293 e. The van der Waals surface area contributed by atoms with Gasteiger partial charge in [-0.25, -0.2) is 8.78 Å². The minimum atomic E-state index is -2.92. The second-order valence-corrected chi connectivity index (χ2v) is 5.24. The predicted molar refractivity (Wildman–Crippen MR) is 51.6 cm³/mol. The Morgan fingerprint density at radius 3 is 2.62 bits per heavy atom. The molecular formula is C8H7BrF2OS. The first-order valence-electron chi connectivity index (χ1n) is 3.55. The van der Waals surface area contributed by atoms with Crippen molar-refractivity contribution in [1.29, 1.82) is 0 Å². The summed E-state index contributed by atoms with van der Waals surface area (Å²) < 4.78 is 25.6. The molecule has 0 saturated carbocycles. The Morgan fingerprint density at radius 2 is 2.23 bits per heavy atom. The molecule has 0 unspecified atom stereocenters. The number of halogens is 3. The molecule has 0 aromatic carbocycles. The van der Waals surface area contributed by atoms with E-state index in [9.17, 15) is 13.6 Å². The molecule has 0 radical (unpaired) electrons. The van der Waals surface area contributed by atoms with Gasteiger partial charge in [-0.05, 0) is 35.0 Å². The van der Waals surface area contributed by atoms with Crippen LogP contribution in [0.3, 0.4) is 0 Å². The van der Waals surface area contributed by atoms with Crippen LogP contribution in [0.25, 0.3) is 0 Å². The lowest BCUT2D eigenvalue weighted by molar-refractivity contribution is 0.0157. The van der Waals surface area contributed by atoms with Crippen LogP contribution in [0.1, 0.15) is 23.0 Å². The smallest absolute Gasteiger partial charge is 0.252 e. The van der Waals surface area contributed by atoms with Crippen LogP contribution in [0.4, 0.5) is 8.78 Å². The second kappa shape index (κ2) is 3.84. The molecule has 0 bridgehead atoms. The number of rotatable bonds is 3. The molecule has 0 aliphatic carbocycles. The number of hydrogen-bond donors (Lipinski definition) is 0. The molecule has 1 nitrogen and oxygen atoms in total. The summed E-state index contributed by atoms with van der Waals surface area (Å²) >= 11 is 4.33. The Labute approximate surface area is 86.9 Å². The van der Waals surface area contributed by atoms with Crippen molar-refractivity contribution in [3.05, 3.63) is 20.8 Å². The molecule has 1 aromatic heterocycles. The van der Waals surface area contributed by atoms with Gasteiger partial charge in [-0.3, -0.25) is 4.79 Å². The van der Waals surface area contributed by atoms with Crippen molar-refractivity contribution in [3.63, 3.8) is 0 Å². The maximum absolute atomic E-state index is 12.4. The van der Waals surface area contributed by atoms with Crippen LogP contribution < -0.4 is 0 Å². The van der Waals surface area contributed by atoms with E-state index in [0.717, 1.165) is 10.7 Å². The van der Waals surface area contributed by atoms with E-state index in [0.29, 0.717) is 4.88 Å². The van der Waals surface area contributed by atoms with Crippen molar-refractivity contribution in [2.24, 2.45) is 0 Å². The van der Waals surface area contributed by atoms with Gasteiger partial charge in [-0.2, -0.15) is 0 Å². The fourth-order valence-electron chi connectivity index (χ4n) is 0.833. The zero-order valence-electron chi connectivity index (χ0n) is 6.81. The Balaban J connectivity index is 2.70. The summed E-state index contributed by atoms with van der Waals surface area (Å²) in [6.07, 6.45) is -0.722. The largest absolute Gasteiger partial charge is 0.293 e. The van der Waals surface area contributed by atoms with Crippen molar-refractivity contribution >= 4 is 33.0 Å². The first-order chi connectivity index (χ1) is 5.88. The van der Waals surface area contributed by atoms with Crippen LogP contribution >= 0.6 is 27.3 Å². The number of hydrogen-bond acceptors (Lipinski definition) is 2. The van der Waals surface area contributed by atoms with E-state index in [1.54, 1.807) is 12.1 Å². The number of alkyl halides is 2. The number of Topliss-reactive ketones (excluding diaryl/α,β-unsaturated/α-hetero) is 1. The summed E-state index contributed by atoms with van der Waals surface area (Å²) in [6, 6.07) is 3.22. The van der Waals surface area contributed by atoms with E-state index in [-0.39, 0.29) is 0 Å². The van der Waals surface area contributed by atoms with E-state index >= 15 is 0 Å². The SMILES string of the molecule is CC(F)(F)CC(=O)c1ccc(Br)s1. The lowest BCUT2D eigenvalue weighted by atomic mass is 10.1. The molecule has 1 aromatic rings. The van der Waals surface area contributed by atoms with E-state index in [1.165, 1.54) is 11.3 Å². The number of carbonyl (C=O) groups excluding carboxylic acids is 1. The van der Waals surface area contributed by atoms with Crippen molar-refractivity contribution < 1.29 is 13.6 Å². The average Bonchev–Trinajstić information content (AvgIpc) is 2.31. The van der Waals surface area contributed by atoms with E-state index in [4.69, 9.17) is 0 Å². The molecule has 5 heteroatoms. The molecule has 72 valence electrons. The third-order valence-electron chi connectivity index (χ3n) is 1.32. The fourth-order valence-corrected chi connectivity index (χ4v) is 2.16. The van der Waals surface area contributed by atoms with Gasteiger partial charge in [-0.15, -0.1) is 11.3 Å². The van der Waals surface area contributed by atoms with Crippen molar-refractivity contribution in [2.45, 2.75) is 19.3 Å². The monoisotopic (exact) mass is 268 g/mol. The molecule has 13 heavy (non-hydrogen) atoms. The average molecular weight is 269 g/mol. The minimum absolute atomic E-state index is 0.369. The van der Waals surface area contributed by atoms with Gasteiger partial charge in [0.1, 0.15) is 0 Å². The molecule has 0 atom stereocenters. The van der Waals surface area contributed by atoms with Crippen molar-refractivity contribution in [1.82, 2.24) is 0 Å². The quantitative estimate of drug-likeness (QED) is 0.764. The summed E-state index contributed by atoms with van der Waals surface area (Å²) in [5.74, 6) is -3.43. The molecule has 0 amide bonds. The van der Waals surface area contributed by atoms with Crippen molar-refractivity contribution in [2.75, 3.05) is 0 Å². The Kier molecular flexibility index (Phi) is 3.18. The van der Waals surface area contributed by atoms with E-state index in [1.807, 2.05) is 0 Å². The highest BCUT2D eigenvalue weighted by molar-refractivity contribution is 9.11. The van der Waals surface area contributed by atoms with Gasteiger partial charge < -0.3 is 0 Å². The molecule has 1 rings (SSSR count). The van der Waals surface area contributed by atoms with Gasteiger partial charge in [0.05, 0.1) is 15.1 Å². The summed E-state index contributed by atoms with van der Waals surface area (Å²) in [6.45, 7) is 0.744. The summed E-state index contributed by atoms with van der Waals surface area (Å²) in [7, 11) is 0. The fraction of sp³-hybridized carbons (Fsp3) is 0.375. The van der Waals surface area contributed by atoms with Crippen LogP contribution in [0, 0.1) is 0 Å². The third kappa shape index (κ3) is 3.52. The topological polar surface area (TPSA) is 17.1 Å². The summed E-state index contributed by atoms with van der Waals surface area (Å²) in [5.41, 5.74) is 0. The predicted octanol–water partition coefficient (Wildman–Crippen LogP) is 3.74.